The lowest BCUT2D eigenvalue weighted by Gasteiger charge is -2.35. The summed E-state index contributed by atoms with van der Waals surface area (Å²) in [7, 11) is 0. The minimum Gasteiger partial charge on any atom is -0.481 e. The van der Waals surface area contributed by atoms with Crippen LogP contribution in [0.15, 0.2) is 18.2 Å². The van der Waals surface area contributed by atoms with Crippen LogP contribution in [0.25, 0.3) is 11.0 Å². The molecule has 1 amide bonds. The number of nitrogens with one attached hydrogen (secondary N) is 1. The number of amides is 1. The van der Waals surface area contributed by atoms with E-state index in [0.29, 0.717) is 11.2 Å². The van der Waals surface area contributed by atoms with Crippen molar-refractivity contribution < 1.29 is 14.7 Å². The molecule has 0 bridgehead atoms. The number of anilines is 1. The molecule has 122 valence electrons. The molecule has 0 atom stereocenters. The highest BCUT2D eigenvalue weighted by molar-refractivity contribution is 7.00. The maximum Gasteiger partial charge on any atom is 0.303 e. The predicted molar refractivity (Wildman–Crippen MR) is 88.4 cm³/mol. The van der Waals surface area contributed by atoms with Crippen molar-refractivity contribution in [3.63, 3.8) is 0 Å². The standard InChI is InChI=1S/C16H19N3O3S/c20-13(9-16(10-14(21)22)7-2-1-3-8-16)17-11-5-4-6-12-15(11)19-23-18-12/h4-6H,1-3,7-10H2,(H,17,20)(H,21,22). The van der Waals surface area contributed by atoms with Crippen LogP contribution in [0.1, 0.15) is 44.9 Å². The van der Waals surface area contributed by atoms with Gasteiger partial charge in [0.1, 0.15) is 11.0 Å². The highest BCUT2D eigenvalue weighted by Crippen LogP contribution is 2.42. The van der Waals surface area contributed by atoms with E-state index >= 15 is 0 Å². The number of aliphatic carboxylic acids is 1. The first-order valence-electron chi connectivity index (χ1n) is 7.81. The Labute approximate surface area is 138 Å². The molecule has 0 spiro atoms. The number of aromatic nitrogens is 2. The fourth-order valence-electron chi connectivity index (χ4n) is 3.48. The van der Waals surface area contributed by atoms with Gasteiger partial charge in [0.2, 0.25) is 5.91 Å². The van der Waals surface area contributed by atoms with Crippen LogP contribution in [-0.2, 0) is 9.59 Å². The van der Waals surface area contributed by atoms with Crippen LogP contribution in [-0.4, -0.2) is 25.7 Å². The zero-order chi connectivity index (χ0) is 16.3. The Morgan fingerprint density at radius 1 is 1.17 bits per heavy atom. The Bertz CT molecular complexity index is 722. The van der Waals surface area contributed by atoms with Crippen molar-refractivity contribution in [3.05, 3.63) is 18.2 Å². The number of carbonyl (C=O) groups excluding carboxylic acids is 1. The number of hydrogen-bond donors (Lipinski definition) is 2. The quantitative estimate of drug-likeness (QED) is 0.874. The van der Waals surface area contributed by atoms with Gasteiger partial charge in [0, 0.05) is 6.42 Å². The number of fused-ring (bicyclic) bond motifs is 1. The zero-order valence-electron chi connectivity index (χ0n) is 12.7. The molecule has 0 radical (unpaired) electrons. The van der Waals surface area contributed by atoms with Crippen molar-refractivity contribution in [2.45, 2.75) is 44.9 Å². The van der Waals surface area contributed by atoms with Crippen LogP contribution in [0.2, 0.25) is 0 Å². The van der Waals surface area contributed by atoms with Crippen molar-refractivity contribution in [1.29, 1.82) is 0 Å². The van der Waals surface area contributed by atoms with E-state index in [1.807, 2.05) is 12.1 Å². The Hall–Kier alpha value is -2.02. The fraction of sp³-hybridized carbons (Fsp3) is 0.500. The minimum atomic E-state index is -0.828. The van der Waals surface area contributed by atoms with Gasteiger partial charge in [-0.05, 0) is 30.4 Å². The first-order chi connectivity index (χ1) is 11.1. The summed E-state index contributed by atoms with van der Waals surface area (Å²) < 4.78 is 8.36. The van der Waals surface area contributed by atoms with Crippen molar-refractivity contribution in [3.8, 4) is 0 Å². The Morgan fingerprint density at radius 2 is 1.96 bits per heavy atom. The second kappa shape index (κ2) is 6.62. The highest BCUT2D eigenvalue weighted by Gasteiger charge is 2.36. The molecule has 1 aliphatic carbocycles. The van der Waals surface area contributed by atoms with Crippen LogP contribution in [0, 0.1) is 5.41 Å². The molecule has 2 N–H and O–H groups in total. The van der Waals surface area contributed by atoms with Gasteiger partial charge in [-0.3, -0.25) is 9.59 Å². The van der Waals surface area contributed by atoms with Gasteiger partial charge < -0.3 is 10.4 Å². The lowest BCUT2D eigenvalue weighted by molar-refractivity contribution is -0.140. The Morgan fingerprint density at radius 3 is 2.70 bits per heavy atom. The first-order valence-corrected chi connectivity index (χ1v) is 8.54. The predicted octanol–water partition coefficient (Wildman–Crippen LogP) is 3.45. The molecular weight excluding hydrogens is 314 g/mol. The van der Waals surface area contributed by atoms with Gasteiger partial charge >= 0.3 is 5.97 Å². The van der Waals surface area contributed by atoms with Gasteiger partial charge in [-0.2, -0.15) is 8.75 Å². The van der Waals surface area contributed by atoms with E-state index in [4.69, 9.17) is 0 Å². The molecule has 1 heterocycles. The molecule has 1 fully saturated rings. The van der Waals surface area contributed by atoms with E-state index in [1.54, 1.807) is 6.07 Å². The smallest absolute Gasteiger partial charge is 0.303 e. The minimum absolute atomic E-state index is 0.0584. The second-order valence-electron chi connectivity index (χ2n) is 6.29. The van der Waals surface area contributed by atoms with Crippen LogP contribution in [0.3, 0.4) is 0 Å². The average molecular weight is 333 g/mol. The van der Waals surface area contributed by atoms with Gasteiger partial charge in [0.15, 0.2) is 0 Å². The molecule has 0 unspecified atom stereocenters. The molecule has 23 heavy (non-hydrogen) atoms. The van der Waals surface area contributed by atoms with Gasteiger partial charge in [0.05, 0.1) is 23.8 Å². The van der Waals surface area contributed by atoms with Crippen LogP contribution in [0.4, 0.5) is 5.69 Å². The third-order valence-electron chi connectivity index (χ3n) is 4.54. The zero-order valence-corrected chi connectivity index (χ0v) is 13.6. The molecular formula is C16H19N3O3S. The fourth-order valence-corrected chi connectivity index (χ4v) is 4.03. The molecule has 0 saturated heterocycles. The van der Waals surface area contributed by atoms with Crippen LogP contribution >= 0.6 is 11.7 Å². The molecule has 1 aliphatic rings. The van der Waals surface area contributed by atoms with E-state index in [9.17, 15) is 14.7 Å². The number of nitrogens with zero attached hydrogens (tertiary/aromatic N) is 2. The summed E-state index contributed by atoms with van der Waals surface area (Å²) in [5.41, 5.74) is 1.66. The van der Waals surface area contributed by atoms with E-state index in [1.165, 1.54) is 0 Å². The lowest BCUT2D eigenvalue weighted by atomic mass is 9.69. The Kier molecular flexibility index (Phi) is 4.56. The molecule has 1 aromatic heterocycles. The molecule has 1 saturated carbocycles. The average Bonchev–Trinajstić information content (AvgIpc) is 2.96. The monoisotopic (exact) mass is 333 g/mol. The summed E-state index contributed by atoms with van der Waals surface area (Å²) in [5.74, 6) is -0.973. The highest BCUT2D eigenvalue weighted by atomic mass is 32.1. The summed E-state index contributed by atoms with van der Waals surface area (Å²) in [5, 5.41) is 12.1. The summed E-state index contributed by atoms with van der Waals surface area (Å²) >= 11 is 1.11. The normalized spacial score (nSPS) is 17.0. The van der Waals surface area contributed by atoms with Crippen molar-refractivity contribution in [2.24, 2.45) is 5.41 Å². The number of carbonyl (C=O) groups is 2. The molecule has 7 heteroatoms. The molecule has 1 aromatic carbocycles. The largest absolute Gasteiger partial charge is 0.481 e. The first kappa shape index (κ1) is 15.9. The number of rotatable bonds is 5. The second-order valence-corrected chi connectivity index (χ2v) is 6.82. The number of benzene rings is 1. The Balaban J connectivity index is 1.74. The SMILES string of the molecule is O=C(O)CC1(CC(=O)Nc2cccc3nsnc23)CCCCC1. The maximum atomic E-state index is 12.5. The number of hydrogen-bond acceptors (Lipinski definition) is 5. The molecule has 6 nitrogen and oxygen atoms in total. The van der Waals surface area contributed by atoms with E-state index in [0.717, 1.165) is 49.3 Å². The van der Waals surface area contributed by atoms with Crippen LogP contribution < -0.4 is 5.32 Å². The van der Waals surface area contributed by atoms with Crippen molar-refractivity contribution in [1.82, 2.24) is 8.75 Å². The topological polar surface area (TPSA) is 92.2 Å². The number of carboxylic acid groups (broad SMARTS) is 1. The summed E-state index contributed by atoms with van der Waals surface area (Å²) in [6, 6.07) is 5.47. The molecule has 0 aliphatic heterocycles. The van der Waals surface area contributed by atoms with Gasteiger partial charge in [-0.15, -0.1) is 0 Å². The summed E-state index contributed by atoms with van der Waals surface area (Å²) in [6.07, 6.45) is 5.01. The molecule has 2 aromatic rings. The van der Waals surface area contributed by atoms with E-state index in [-0.39, 0.29) is 18.7 Å². The van der Waals surface area contributed by atoms with Gasteiger partial charge in [-0.25, -0.2) is 0 Å². The van der Waals surface area contributed by atoms with E-state index < -0.39 is 11.4 Å². The summed E-state index contributed by atoms with van der Waals surface area (Å²) in [4.78, 5) is 23.7. The van der Waals surface area contributed by atoms with E-state index in [2.05, 4.69) is 14.1 Å². The van der Waals surface area contributed by atoms with Crippen LogP contribution in [0.5, 0.6) is 0 Å². The third-order valence-corrected chi connectivity index (χ3v) is 5.08. The van der Waals surface area contributed by atoms with Gasteiger partial charge in [0.25, 0.3) is 0 Å². The van der Waals surface area contributed by atoms with Crippen molar-refractivity contribution in [2.75, 3.05) is 5.32 Å². The number of carboxylic acids is 1. The third kappa shape index (κ3) is 3.67. The summed E-state index contributed by atoms with van der Waals surface area (Å²) in [6.45, 7) is 0. The molecule has 3 rings (SSSR count). The lowest BCUT2D eigenvalue weighted by Crippen LogP contribution is -2.32. The van der Waals surface area contributed by atoms with Gasteiger partial charge in [-0.1, -0.05) is 25.3 Å². The van der Waals surface area contributed by atoms with Crippen molar-refractivity contribution >= 4 is 40.3 Å². The maximum absolute atomic E-state index is 12.5.